The molecule has 0 spiro atoms. The van der Waals surface area contributed by atoms with Crippen molar-refractivity contribution in [2.75, 3.05) is 0 Å². The Morgan fingerprint density at radius 1 is 1.12 bits per heavy atom. The molecule has 92 valence electrons. The van der Waals surface area contributed by atoms with E-state index in [4.69, 9.17) is 5.11 Å². The van der Waals surface area contributed by atoms with Gasteiger partial charge in [-0.05, 0) is 25.7 Å². The molecule has 0 amide bonds. The van der Waals surface area contributed by atoms with E-state index in [1.165, 1.54) is 0 Å². The number of hydrogen-bond acceptors (Lipinski definition) is 3. The number of carboxylic acids is 1. The van der Waals surface area contributed by atoms with E-state index in [9.17, 15) is 22.8 Å². The van der Waals surface area contributed by atoms with Crippen molar-refractivity contribution in [3.8, 4) is 0 Å². The Kier molecular flexibility index (Phi) is 3.44. The largest absolute Gasteiger partial charge is 0.473 e. The van der Waals surface area contributed by atoms with Gasteiger partial charge in [-0.25, -0.2) is 9.59 Å². The molecule has 16 heavy (non-hydrogen) atoms. The number of carboxylic acid groups (broad SMARTS) is 1. The normalized spacial score (nSPS) is 20.2. The number of aliphatic carboxylic acids is 1. The molecule has 1 aliphatic rings. The van der Waals surface area contributed by atoms with Gasteiger partial charge >= 0.3 is 18.1 Å². The maximum Gasteiger partial charge on any atom is 0.428 e. The van der Waals surface area contributed by atoms with E-state index in [0.717, 1.165) is 0 Å². The maximum atomic E-state index is 12.8. The van der Waals surface area contributed by atoms with Crippen LogP contribution in [0.4, 0.5) is 13.2 Å². The molecule has 0 aromatic heterocycles. The van der Waals surface area contributed by atoms with Crippen molar-refractivity contribution < 1.29 is 32.6 Å². The van der Waals surface area contributed by atoms with Crippen LogP contribution in [0.5, 0.6) is 0 Å². The minimum Gasteiger partial charge on any atom is -0.473 e. The van der Waals surface area contributed by atoms with E-state index in [1.807, 2.05) is 0 Å². The first-order chi connectivity index (χ1) is 7.28. The predicted molar refractivity (Wildman–Crippen MR) is 45.6 cm³/mol. The molecule has 0 atom stereocenters. The summed E-state index contributed by atoms with van der Waals surface area (Å²) in [6.07, 6.45) is -4.29. The Bertz CT molecular complexity index is 292. The van der Waals surface area contributed by atoms with Crippen LogP contribution in [0.2, 0.25) is 0 Å². The Morgan fingerprint density at radius 2 is 1.62 bits per heavy atom. The van der Waals surface area contributed by atoms with Crippen molar-refractivity contribution in [1.29, 1.82) is 0 Å². The minimum atomic E-state index is -4.72. The highest BCUT2D eigenvalue weighted by atomic mass is 19.4. The average Bonchev–Trinajstić information content (AvgIpc) is 2.17. The number of ether oxygens (including phenoxy) is 1. The third kappa shape index (κ3) is 2.45. The van der Waals surface area contributed by atoms with Gasteiger partial charge in [-0.2, -0.15) is 13.2 Å². The van der Waals surface area contributed by atoms with Crippen LogP contribution in [-0.4, -0.2) is 28.8 Å². The van der Waals surface area contributed by atoms with E-state index >= 15 is 0 Å². The second kappa shape index (κ2) is 4.31. The summed E-state index contributed by atoms with van der Waals surface area (Å²) < 4.78 is 42.4. The summed E-state index contributed by atoms with van der Waals surface area (Å²) in [5, 5.41) is 8.25. The molecule has 4 nitrogen and oxygen atoms in total. The van der Waals surface area contributed by atoms with Crippen LogP contribution < -0.4 is 0 Å². The van der Waals surface area contributed by atoms with E-state index in [1.54, 1.807) is 0 Å². The molecule has 7 heteroatoms. The molecule has 0 radical (unpaired) electrons. The zero-order valence-corrected chi connectivity index (χ0v) is 8.34. The second-order valence-corrected chi connectivity index (χ2v) is 3.75. The molecule has 0 aromatic rings. The van der Waals surface area contributed by atoms with E-state index in [0.29, 0.717) is 6.42 Å². The van der Waals surface area contributed by atoms with Gasteiger partial charge in [0.2, 0.25) is 5.60 Å². The van der Waals surface area contributed by atoms with E-state index < -0.39 is 23.7 Å². The summed E-state index contributed by atoms with van der Waals surface area (Å²) in [6, 6.07) is 0. The number of hydrogen-bond donors (Lipinski definition) is 1. The van der Waals surface area contributed by atoms with Crippen LogP contribution in [0.15, 0.2) is 0 Å². The lowest BCUT2D eigenvalue weighted by Crippen LogP contribution is -2.51. The quantitative estimate of drug-likeness (QED) is 0.561. The second-order valence-electron chi connectivity index (χ2n) is 3.75. The summed E-state index contributed by atoms with van der Waals surface area (Å²) in [7, 11) is 0. The lowest BCUT2D eigenvalue weighted by atomic mass is 9.84. The van der Waals surface area contributed by atoms with Crippen molar-refractivity contribution in [1.82, 2.24) is 0 Å². The zero-order chi connectivity index (χ0) is 12.4. The summed E-state index contributed by atoms with van der Waals surface area (Å²) in [6.45, 7) is 0. The van der Waals surface area contributed by atoms with E-state index in [2.05, 4.69) is 4.74 Å². The lowest BCUT2D eigenvalue weighted by molar-refractivity contribution is -0.278. The SMILES string of the molecule is O=C(O)C(=O)OC1(C(F)(F)F)CCCCC1. The zero-order valence-electron chi connectivity index (χ0n) is 8.34. The molecule has 0 bridgehead atoms. The first-order valence-electron chi connectivity index (χ1n) is 4.81. The van der Waals surface area contributed by atoms with Gasteiger partial charge in [0, 0.05) is 0 Å². The molecule has 1 saturated carbocycles. The fraction of sp³-hybridized carbons (Fsp3) is 0.778. The molecule has 0 heterocycles. The highest BCUT2D eigenvalue weighted by molar-refractivity contribution is 6.28. The fourth-order valence-electron chi connectivity index (χ4n) is 1.79. The number of carbonyl (C=O) groups excluding carboxylic acids is 1. The van der Waals surface area contributed by atoms with Gasteiger partial charge in [0.1, 0.15) is 0 Å². The van der Waals surface area contributed by atoms with Crippen LogP contribution in [0.1, 0.15) is 32.1 Å². The highest BCUT2D eigenvalue weighted by Crippen LogP contribution is 2.44. The van der Waals surface area contributed by atoms with Crippen LogP contribution in [0, 0.1) is 0 Å². The van der Waals surface area contributed by atoms with Crippen LogP contribution in [0.25, 0.3) is 0 Å². The van der Waals surface area contributed by atoms with Crippen LogP contribution >= 0.6 is 0 Å². The van der Waals surface area contributed by atoms with E-state index in [-0.39, 0.29) is 25.7 Å². The van der Waals surface area contributed by atoms with Gasteiger partial charge in [-0.1, -0.05) is 6.42 Å². The number of alkyl halides is 3. The lowest BCUT2D eigenvalue weighted by Gasteiger charge is -2.37. The number of rotatable bonds is 1. The molecule has 1 fully saturated rings. The fourth-order valence-corrected chi connectivity index (χ4v) is 1.79. The van der Waals surface area contributed by atoms with Crippen LogP contribution in [-0.2, 0) is 14.3 Å². The molecule has 1 N–H and O–H groups in total. The smallest absolute Gasteiger partial charge is 0.428 e. The predicted octanol–water partition coefficient (Wildman–Crippen LogP) is 1.88. The Balaban J connectivity index is 2.87. The van der Waals surface area contributed by atoms with Gasteiger partial charge in [0.25, 0.3) is 0 Å². The monoisotopic (exact) mass is 240 g/mol. The van der Waals surface area contributed by atoms with Crippen LogP contribution in [0.3, 0.4) is 0 Å². The minimum absolute atomic E-state index is 0.270. The van der Waals surface area contributed by atoms with Crippen molar-refractivity contribution in [3.05, 3.63) is 0 Å². The Morgan fingerprint density at radius 3 is 2.00 bits per heavy atom. The van der Waals surface area contributed by atoms with Gasteiger partial charge in [-0.3, -0.25) is 0 Å². The standard InChI is InChI=1S/C9H11F3O4/c10-9(11,12)8(4-2-1-3-5-8)16-7(15)6(13)14/h1-5H2,(H,13,14). The summed E-state index contributed by atoms with van der Waals surface area (Å²) in [5.41, 5.74) is -2.61. The molecule has 1 rings (SSSR count). The molecular formula is C9H11F3O4. The van der Waals surface area contributed by atoms with Gasteiger partial charge in [0.15, 0.2) is 0 Å². The molecule has 0 aliphatic heterocycles. The molecule has 0 aromatic carbocycles. The summed E-state index contributed by atoms with van der Waals surface area (Å²) >= 11 is 0. The number of esters is 1. The topological polar surface area (TPSA) is 63.6 Å². The van der Waals surface area contributed by atoms with Gasteiger partial charge < -0.3 is 9.84 Å². The van der Waals surface area contributed by atoms with Gasteiger partial charge in [0.05, 0.1) is 0 Å². The third-order valence-corrected chi connectivity index (χ3v) is 2.64. The third-order valence-electron chi connectivity index (χ3n) is 2.64. The summed E-state index contributed by atoms with van der Waals surface area (Å²) in [5.74, 6) is -3.85. The van der Waals surface area contributed by atoms with Crippen molar-refractivity contribution in [2.45, 2.75) is 43.9 Å². The van der Waals surface area contributed by atoms with Gasteiger partial charge in [-0.15, -0.1) is 0 Å². The molecule has 0 saturated heterocycles. The first-order valence-corrected chi connectivity index (χ1v) is 4.81. The van der Waals surface area contributed by atoms with Crippen molar-refractivity contribution in [2.24, 2.45) is 0 Å². The Hall–Kier alpha value is -1.27. The first kappa shape index (κ1) is 12.8. The summed E-state index contributed by atoms with van der Waals surface area (Å²) in [4.78, 5) is 20.9. The average molecular weight is 240 g/mol. The van der Waals surface area contributed by atoms with Crippen molar-refractivity contribution in [3.63, 3.8) is 0 Å². The van der Waals surface area contributed by atoms with Crippen molar-refractivity contribution >= 4 is 11.9 Å². The molecule has 1 aliphatic carbocycles. The highest BCUT2D eigenvalue weighted by Gasteiger charge is 2.58. The number of carbonyl (C=O) groups is 2. The number of halogens is 3. The maximum absolute atomic E-state index is 12.8. The Labute approximate surface area is 89.4 Å². The molecule has 0 unspecified atom stereocenters. The molecular weight excluding hydrogens is 229 g/mol.